The van der Waals surface area contributed by atoms with Crippen LogP contribution in [0, 0.1) is 0 Å². The van der Waals surface area contributed by atoms with Gasteiger partial charge < -0.3 is 15.4 Å². The van der Waals surface area contributed by atoms with Crippen LogP contribution < -0.4 is 10.6 Å². The van der Waals surface area contributed by atoms with Gasteiger partial charge in [0.25, 0.3) is 0 Å². The number of nitrogens with one attached hydrogen (secondary N) is 2. The first-order valence-electron chi connectivity index (χ1n) is 7.84. The molecule has 1 unspecified atom stereocenters. The molecule has 1 amide bonds. The lowest BCUT2D eigenvalue weighted by molar-refractivity contribution is -0.120. The largest absolute Gasteiger partial charge is 0.378 e. The minimum absolute atomic E-state index is 0.0815. The lowest BCUT2D eigenvalue weighted by atomic mass is 9.98. The Morgan fingerprint density at radius 3 is 2.74 bits per heavy atom. The predicted octanol–water partition coefficient (Wildman–Crippen LogP) is 2.23. The molecular weight excluding hydrogens is 240 g/mol. The quantitative estimate of drug-likeness (QED) is 0.632. The van der Waals surface area contributed by atoms with E-state index < -0.39 is 0 Å². The van der Waals surface area contributed by atoms with Crippen LogP contribution >= 0.6 is 0 Å². The maximum Gasteiger partial charge on any atom is 0.233 e. The molecule has 1 aliphatic rings. The summed E-state index contributed by atoms with van der Waals surface area (Å²) in [6.07, 6.45) is 8.83. The summed E-state index contributed by atoms with van der Waals surface area (Å²) in [6.45, 7) is 6.10. The fourth-order valence-electron chi connectivity index (χ4n) is 2.26. The molecule has 0 aromatic heterocycles. The van der Waals surface area contributed by atoms with Gasteiger partial charge in [0.15, 0.2) is 0 Å². The Morgan fingerprint density at radius 1 is 1.32 bits per heavy atom. The normalized spacial score (nSPS) is 18.2. The van der Waals surface area contributed by atoms with E-state index in [1.54, 1.807) is 0 Å². The number of hydrogen-bond donors (Lipinski definition) is 2. The van der Waals surface area contributed by atoms with Crippen LogP contribution in [-0.4, -0.2) is 37.7 Å². The van der Waals surface area contributed by atoms with Gasteiger partial charge in [-0.25, -0.2) is 0 Å². The first-order valence-corrected chi connectivity index (χ1v) is 7.84. The molecule has 0 bridgehead atoms. The number of rotatable bonds is 9. The van der Waals surface area contributed by atoms with E-state index in [-0.39, 0.29) is 5.91 Å². The van der Waals surface area contributed by atoms with E-state index in [1.807, 2.05) is 0 Å². The van der Waals surface area contributed by atoms with Crippen LogP contribution in [0.5, 0.6) is 0 Å². The van der Waals surface area contributed by atoms with Crippen molar-refractivity contribution in [2.45, 2.75) is 70.9 Å². The van der Waals surface area contributed by atoms with Gasteiger partial charge in [0, 0.05) is 19.2 Å². The Balaban J connectivity index is 1.90. The lowest BCUT2D eigenvalue weighted by Crippen LogP contribution is -2.38. The number of hydrogen-bond acceptors (Lipinski definition) is 3. The van der Waals surface area contributed by atoms with Crippen molar-refractivity contribution in [2.75, 3.05) is 19.7 Å². The zero-order valence-electron chi connectivity index (χ0n) is 12.5. The van der Waals surface area contributed by atoms with Crippen LogP contribution in [0.1, 0.15) is 58.8 Å². The van der Waals surface area contributed by atoms with Gasteiger partial charge in [-0.1, -0.05) is 26.2 Å². The minimum Gasteiger partial charge on any atom is -0.378 e. The SMILES string of the molecule is CCC(C)NCC(=O)NCCCOC1CCCCC1. The number of ether oxygens (including phenoxy) is 1. The van der Waals surface area contributed by atoms with Gasteiger partial charge in [0.2, 0.25) is 5.91 Å². The van der Waals surface area contributed by atoms with Gasteiger partial charge in [-0.2, -0.15) is 0 Å². The van der Waals surface area contributed by atoms with Crippen LogP contribution in [0.3, 0.4) is 0 Å². The highest BCUT2D eigenvalue weighted by Crippen LogP contribution is 2.20. The summed E-state index contributed by atoms with van der Waals surface area (Å²) in [5.41, 5.74) is 0. The van der Waals surface area contributed by atoms with Gasteiger partial charge >= 0.3 is 0 Å². The number of carbonyl (C=O) groups is 1. The van der Waals surface area contributed by atoms with Crippen LogP contribution in [0.4, 0.5) is 0 Å². The summed E-state index contributed by atoms with van der Waals surface area (Å²) in [5, 5.41) is 6.10. The van der Waals surface area contributed by atoms with Gasteiger partial charge in [-0.15, -0.1) is 0 Å². The zero-order chi connectivity index (χ0) is 13.9. The molecule has 0 aromatic carbocycles. The van der Waals surface area contributed by atoms with Gasteiger partial charge in [-0.05, 0) is 32.6 Å². The fourth-order valence-corrected chi connectivity index (χ4v) is 2.26. The Bertz CT molecular complexity index is 240. The average molecular weight is 270 g/mol. The zero-order valence-corrected chi connectivity index (χ0v) is 12.5. The van der Waals surface area contributed by atoms with Crippen molar-refractivity contribution >= 4 is 5.91 Å². The lowest BCUT2D eigenvalue weighted by Gasteiger charge is -2.21. The molecule has 0 radical (unpaired) electrons. The fraction of sp³-hybridized carbons (Fsp3) is 0.933. The molecule has 0 aliphatic heterocycles. The Hall–Kier alpha value is -0.610. The van der Waals surface area contributed by atoms with Crippen molar-refractivity contribution in [2.24, 2.45) is 0 Å². The van der Waals surface area contributed by atoms with Gasteiger partial charge in [-0.3, -0.25) is 4.79 Å². The molecule has 1 saturated carbocycles. The first-order chi connectivity index (χ1) is 9.22. The van der Waals surface area contributed by atoms with Gasteiger partial charge in [0.05, 0.1) is 12.6 Å². The predicted molar refractivity (Wildman–Crippen MR) is 78.2 cm³/mol. The summed E-state index contributed by atoms with van der Waals surface area (Å²) >= 11 is 0. The molecular formula is C15H30N2O2. The van der Waals surface area contributed by atoms with E-state index in [0.717, 1.165) is 19.4 Å². The summed E-state index contributed by atoms with van der Waals surface area (Å²) in [5.74, 6) is 0.0815. The standard InChI is InChI=1S/C15H30N2O2/c1-3-13(2)17-12-15(18)16-10-7-11-19-14-8-5-4-6-9-14/h13-14,17H,3-12H2,1-2H3,(H,16,18). The van der Waals surface area contributed by atoms with Crippen molar-refractivity contribution in [1.82, 2.24) is 10.6 Å². The molecule has 0 heterocycles. The molecule has 4 heteroatoms. The van der Waals surface area contributed by atoms with Crippen molar-refractivity contribution < 1.29 is 9.53 Å². The smallest absolute Gasteiger partial charge is 0.233 e. The molecule has 1 atom stereocenters. The highest BCUT2D eigenvalue weighted by Gasteiger charge is 2.13. The van der Waals surface area contributed by atoms with Crippen molar-refractivity contribution in [1.29, 1.82) is 0 Å². The number of amides is 1. The molecule has 19 heavy (non-hydrogen) atoms. The third kappa shape index (κ3) is 8.22. The van der Waals surface area contributed by atoms with E-state index in [4.69, 9.17) is 4.74 Å². The van der Waals surface area contributed by atoms with Crippen molar-refractivity contribution in [3.8, 4) is 0 Å². The van der Waals surface area contributed by atoms with E-state index in [9.17, 15) is 4.79 Å². The Kier molecular flexibility index (Phi) is 8.84. The second-order valence-corrected chi connectivity index (χ2v) is 5.52. The van der Waals surface area contributed by atoms with E-state index in [1.165, 1.54) is 32.1 Å². The molecule has 4 nitrogen and oxygen atoms in total. The molecule has 1 fully saturated rings. The molecule has 0 spiro atoms. The van der Waals surface area contributed by atoms with Crippen LogP contribution in [0.15, 0.2) is 0 Å². The molecule has 0 saturated heterocycles. The second kappa shape index (κ2) is 10.2. The topological polar surface area (TPSA) is 50.4 Å². The Morgan fingerprint density at radius 2 is 2.05 bits per heavy atom. The monoisotopic (exact) mass is 270 g/mol. The van der Waals surface area contributed by atoms with E-state index >= 15 is 0 Å². The summed E-state index contributed by atoms with van der Waals surface area (Å²) in [7, 11) is 0. The highest BCUT2D eigenvalue weighted by atomic mass is 16.5. The van der Waals surface area contributed by atoms with Gasteiger partial charge in [0.1, 0.15) is 0 Å². The third-order valence-electron chi connectivity index (χ3n) is 3.77. The highest BCUT2D eigenvalue weighted by molar-refractivity contribution is 5.77. The van der Waals surface area contributed by atoms with Crippen molar-refractivity contribution in [3.05, 3.63) is 0 Å². The maximum atomic E-state index is 11.5. The molecule has 1 rings (SSSR count). The summed E-state index contributed by atoms with van der Waals surface area (Å²) in [6, 6.07) is 0.403. The second-order valence-electron chi connectivity index (χ2n) is 5.52. The molecule has 1 aliphatic carbocycles. The van der Waals surface area contributed by atoms with Crippen LogP contribution in [0.2, 0.25) is 0 Å². The number of carbonyl (C=O) groups excluding carboxylic acids is 1. The minimum atomic E-state index is 0.0815. The van der Waals surface area contributed by atoms with E-state index in [2.05, 4.69) is 24.5 Å². The maximum absolute atomic E-state index is 11.5. The van der Waals surface area contributed by atoms with Crippen LogP contribution in [0.25, 0.3) is 0 Å². The third-order valence-corrected chi connectivity index (χ3v) is 3.77. The summed E-state index contributed by atoms with van der Waals surface area (Å²) in [4.78, 5) is 11.5. The summed E-state index contributed by atoms with van der Waals surface area (Å²) < 4.78 is 5.81. The molecule has 2 N–H and O–H groups in total. The average Bonchev–Trinajstić information content (AvgIpc) is 2.45. The molecule has 0 aromatic rings. The van der Waals surface area contributed by atoms with Crippen molar-refractivity contribution in [3.63, 3.8) is 0 Å². The van der Waals surface area contributed by atoms with Crippen LogP contribution in [-0.2, 0) is 9.53 Å². The van der Waals surface area contributed by atoms with E-state index in [0.29, 0.717) is 25.2 Å². The first kappa shape index (κ1) is 16.4. The molecule has 112 valence electrons. The Labute approximate surface area is 117 Å².